The maximum absolute atomic E-state index is 12.6. The highest BCUT2D eigenvalue weighted by atomic mass is 16.2. The zero-order valence-corrected chi connectivity index (χ0v) is 15.7. The van der Waals surface area contributed by atoms with Gasteiger partial charge < -0.3 is 15.1 Å². The summed E-state index contributed by atoms with van der Waals surface area (Å²) in [5.74, 6) is 0.0695. The average Bonchev–Trinajstić information content (AvgIpc) is 3.01. The fraction of sp³-hybridized carbons (Fsp3) is 0.619. The molecule has 26 heavy (non-hydrogen) atoms. The Kier molecular flexibility index (Phi) is 7.06. The molecule has 2 aliphatic rings. The fourth-order valence-corrected chi connectivity index (χ4v) is 4.02. The molecule has 0 spiro atoms. The summed E-state index contributed by atoms with van der Waals surface area (Å²) < 4.78 is 0. The van der Waals surface area contributed by atoms with Gasteiger partial charge in [0, 0.05) is 19.6 Å². The largest absolute Gasteiger partial charge is 0.353 e. The molecule has 2 heterocycles. The Balaban J connectivity index is 1.45. The van der Waals surface area contributed by atoms with Crippen molar-refractivity contribution in [3.05, 3.63) is 35.9 Å². The second kappa shape index (κ2) is 9.72. The maximum Gasteiger partial charge on any atom is 0.242 e. The molecule has 2 saturated heterocycles. The second-order valence-corrected chi connectivity index (χ2v) is 7.45. The molecule has 1 unspecified atom stereocenters. The Hall–Kier alpha value is -1.88. The summed E-state index contributed by atoms with van der Waals surface area (Å²) >= 11 is 0. The van der Waals surface area contributed by atoms with E-state index >= 15 is 0 Å². The van der Waals surface area contributed by atoms with Gasteiger partial charge in [-0.2, -0.15) is 0 Å². The van der Waals surface area contributed by atoms with Gasteiger partial charge in [0.2, 0.25) is 11.8 Å². The Morgan fingerprint density at radius 3 is 2.42 bits per heavy atom. The van der Waals surface area contributed by atoms with Gasteiger partial charge in [-0.25, -0.2) is 0 Å². The Labute approximate surface area is 156 Å². The highest BCUT2D eigenvalue weighted by molar-refractivity contribution is 5.89. The normalized spacial score (nSPS) is 21.4. The second-order valence-electron chi connectivity index (χ2n) is 7.45. The smallest absolute Gasteiger partial charge is 0.242 e. The molecule has 3 rings (SSSR count). The van der Waals surface area contributed by atoms with Crippen molar-refractivity contribution >= 4 is 11.8 Å². The fourth-order valence-electron chi connectivity index (χ4n) is 4.02. The van der Waals surface area contributed by atoms with Crippen LogP contribution >= 0.6 is 0 Å². The first-order chi connectivity index (χ1) is 12.7. The first-order valence-electron chi connectivity index (χ1n) is 10.1. The highest BCUT2D eigenvalue weighted by Gasteiger charge is 2.33. The number of carbonyl (C=O) groups excluding carboxylic acids is 2. The summed E-state index contributed by atoms with van der Waals surface area (Å²) in [5.41, 5.74) is 1.00. The van der Waals surface area contributed by atoms with E-state index in [9.17, 15) is 9.59 Å². The molecule has 0 aromatic heterocycles. The van der Waals surface area contributed by atoms with Crippen LogP contribution < -0.4 is 5.32 Å². The van der Waals surface area contributed by atoms with Crippen molar-refractivity contribution in [3.8, 4) is 0 Å². The highest BCUT2D eigenvalue weighted by Crippen LogP contribution is 2.19. The Morgan fingerprint density at radius 1 is 0.962 bits per heavy atom. The van der Waals surface area contributed by atoms with Crippen LogP contribution in [0.1, 0.15) is 44.1 Å². The van der Waals surface area contributed by atoms with Crippen molar-refractivity contribution in [2.75, 3.05) is 32.7 Å². The van der Waals surface area contributed by atoms with Crippen molar-refractivity contribution < 1.29 is 9.59 Å². The molecular weight excluding hydrogens is 326 g/mol. The lowest BCUT2D eigenvalue weighted by Crippen LogP contribution is -2.48. The lowest BCUT2D eigenvalue weighted by molar-refractivity contribution is -0.138. The summed E-state index contributed by atoms with van der Waals surface area (Å²) in [7, 11) is 0. The number of nitrogens with one attached hydrogen (secondary N) is 1. The van der Waals surface area contributed by atoms with Crippen LogP contribution in [0, 0.1) is 0 Å². The van der Waals surface area contributed by atoms with Crippen LogP contribution in [0.2, 0.25) is 0 Å². The van der Waals surface area contributed by atoms with Gasteiger partial charge in [0.25, 0.3) is 0 Å². The minimum atomic E-state index is -0.296. The molecular formula is C21H31N3O2. The first kappa shape index (κ1) is 18.9. The van der Waals surface area contributed by atoms with Gasteiger partial charge in [0.1, 0.15) is 6.04 Å². The number of benzene rings is 1. The molecule has 1 atom stereocenters. The first-order valence-corrected chi connectivity index (χ1v) is 10.1. The molecule has 0 saturated carbocycles. The molecule has 5 nitrogen and oxygen atoms in total. The van der Waals surface area contributed by atoms with Crippen LogP contribution in [0.3, 0.4) is 0 Å². The van der Waals surface area contributed by atoms with Crippen molar-refractivity contribution in [1.82, 2.24) is 15.1 Å². The van der Waals surface area contributed by atoms with Gasteiger partial charge in [-0.05, 0) is 44.3 Å². The van der Waals surface area contributed by atoms with Crippen LogP contribution in [0.25, 0.3) is 0 Å². The molecule has 5 heteroatoms. The SMILES string of the molecule is O=C(NCCN1CCCCCC1)C1CCCN1C(=O)Cc1ccccc1. The van der Waals surface area contributed by atoms with Gasteiger partial charge in [0.15, 0.2) is 0 Å². The van der Waals surface area contributed by atoms with E-state index in [1.807, 2.05) is 30.3 Å². The average molecular weight is 357 g/mol. The Bertz CT molecular complexity index is 582. The third-order valence-corrected chi connectivity index (χ3v) is 5.50. The van der Waals surface area contributed by atoms with Gasteiger partial charge >= 0.3 is 0 Å². The minimum Gasteiger partial charge on any atom is -0.353 e. The van der Waals surface area contributed by atoms with Crippen molar-refractivity contribution in [3.63, 3.8) is 0 Å². The maximum atomic E-state index is 12.6. The molecule has 1 N–H and O–H groups in total. The van der Waals surface area contributed by atoms with Crippen LogP contribution in [-0.2, 0) is 16.0 Å². The van der Waals surface area contributed by atoms with Gasteiger partial charge in [-0.15, -0.1) is 0 Å². The molecule has 0 bridgehead atoms. The molecule has 2 fully saturated rings. The third-order valence-electron chi connectivity index (χ3n) is 5.50. The molecule has 1 aromatic rings. The van der Waals surface area contributed by atoms with E-state index in [1.165, 1.54) is 25.7 Å². The van der Waals surface area contributed by atoms with E-state index in [2.05, 4.69) is 10.2 Å². The summed E-state index contributed by atoms with van der Waals surface area (Å²) in [6.07, 6.45) is 7.22. The van der Waals surface area contributed by atoms with Crippen molar-refractivity contribution in [2.24, 2.45) is 0 Å². The predicted molar refractivity (Wildman–Crippen MR) is 103 cm³/mol. The van der Waals surface area contributed by atoms with E-state index in [-0.39, 0.29) is 17.9 Å². The summed E-state index contributed by atoms with van der Waals surface area (Å²) in [6, 6.07) is 9.47. The molecule has 1 aromatic carbocycles. The molecule has 142 valence electrons. The summed E-state index contributed by atoms with van der Waals surface area (Å²) in [5, 5.41) is 3.07. The summed E-state index contributed by atoms with van der Waals surface area (Å²) in [6.45, 7) is 4.56. The lowest BCUT2D eigenvalue weighted by Gasteiger charge is -2.25. The van der Waals surface area contributed by atoms with E-state index < -0.39 is 0 Å². The molecule has 0 radical (unpaired) electrons. The van der Waals surface area contributed by atoms with Gasteiger partial charge in [-0.3, -0.25) is 9.59 Å². The van der Waals surface area contributed by atoms with Crippen LogP contribution in [0.5, 0.6) is 0 Å². The minimum absolute atomic E-state index is 0.0127. The van der Waals surface area contributed by atoms with Gasteiger partial charge in [-0.1, -0.05) is 43.2 Å². The zero-order valence-electron chi connectivity index (χ0n) is 15.7. The van der Waals surface area contributed by atoms with E-state index in [0.717, 1.165) is 38.0 Å². The molecule has 2 amide bonds. The van der Waals surface area contributed by atoms with Crippen LogP contribution in [0.15, 0.2) is 30.3 Å². The number of carbonyl (C=O) groups is 2. The number of hydrogen-bond donors (Lipinski definition) is 1. The third kappa shape index (κ3) is 5.31. The van der Waals surface area contributed by atoms with Crippen molar-refractivity contribution in [2.45, 2.75) is 51.0 Å². The van der Waals surface area contributed by atoms with E-state index in [1.54, 1.807) is 4.90 Å². The number of likely N-dealkylation sites (tertiary alicyclic amines) is 2. The van der Waals surface area contributed by atoms with E-state index in [0.29, 0.717) is 19.5 Å². The lowest BCUT2D eigenvalue weighted by atomic mass is 10.1. The standard InChI is InChI=1S/C21H31N3O2/c25-20(17-18-9-4-3-5-10-18)24-15-8-11-19(24)21(26)22-12-16-23-13-6-1-2-7-14-23/h3-5,9-10,19H,1-2,6-8,11-17H2,(H,22,26). The van der Waals surface area contributed by atoms with Gasteiger partial charge in [0.05, 0.1) is 6.42 Å². The van der Waals surface area contributed by atoms with Crippen LogP contribution in [-0.4, -0.2) is 60.4 Å². The quantitative estimate of drug-likeness (QED) is 0.849. The number of hydrogen-bond acceptors (Lipinski definition) is 3. The molecule has 2 aliphatic heterocycles. The van der Waals surface area contributed by atoms with Crippen LogP contribution in [0.4, 0.5) is 0 Å². The predicted octanol–water partition coefficient (Wildman–Crippen LogP) is 2.21. The molecule has 0 aliphatic carbocycles. The topological polar surface area (TPSA) is 52.7 Å². The number of amides is 2. The Morgan fingerprint density at radius 2 is 1.69 bits per heavy atom. The number of nitrogens with zero attached hydrogens (tertiary/aromatic N) is 2. The van der Waals surface area contributed by atoms with E-state index in [4.69, 9.17) is 0 Å². The summed E-state index contributed by atoms with van der Waals surface area (Å²) in [4.78, 5) is 29.4. The zero-order chi connectivity index (χ0) is 18.2. The monoisotopic (exact) mass is 357 g/mol. The van der Waals surface area contributed by atoms with Crippen molar-refractivity contribution in [1.29, 1.82) is 0 Å². The number of rotatable bonds is 6.